The van der Waals surface area contributed by atoms with Crippen molar-refractivity contribution in [3.05, 3.63) is 52.1 Å². The van der Waals surface area contributed by atoms with Crippen molar-refractivity contribution >= 4 is 52.7 Å². The summed E-state index contributed by atoms with van der Waals surface area (Å²) in [7, 11) is 0. The van der Waals surface area contributed by atoms with Crippen molar-refractivity contribution in [3.63, 3.8) is 0 Å². The number of carbonyl (C=O) groups excluding carboxylic acids is 7. The fourth-order valence-corrected chi connectivity index (χ4v) is 6.66. The first-order valence-electron chi connectivity index (χ1n) is 18.8. The van der Waals surface area contributed by atoms with E-state index in [1.165, 1.54) is 76.3 Å². The van der Waals surface area contributed by atoms with E-state index in [1.807, 2.05) is 0 Å². The predicted octanol–water partition coefficient (Wildman–Crippen LogP) is 7.97. The number of hydroxylamine groups is 4. The Bertz CT molecular complexity index is 1300. The van der Waals surface area contributed by atoms with Crippen LogP contribution in [-0.4, -0.2) is 63.2 Å². The van der Waals surface area contributed by atoms with Crippen molar-refractivity contribution in [2.45, 2.75) is 147 Å². The van der Waals surface area contributed by atoms with Crippen LogP contribution in [0.3, 0.4) is 0 Å². The molecule has 7 rings (SSSR count). The summed E-state index contributed by atoms with van der Waals surface area (Å²) in [6.07, 6.45) is 23.3. The van der Waals surface area contributed by atoms with Crippen LogP contribution in [0.25, 0.3) is 0 Å². The summed E-state index contributed by atoms with van der Waals surface area (Å²) in [5, 5.41) is 6.73. The van der Waals surface area contributed by atoms with Gasteiger partial charge in [0.2, 0.25) is 0 Å². The second kappa shape index (κ2) is 30.7. The standard InChI is InChI=1S/C17H19N3O5.C10H13NO4.2C5H10.3CH3.CH2.2Fe/c21-14-9-10-15(22)20(14)25-16(23)11-5-7-13(8-6-11)19-17(24)18-12-3-1-2-4-12;12-8-5-6-9(13)11(8)15-10(14)7-3-1-2-4-7;2*1-2-4-5-3-1;;;;;;/h5-8,12H,1-4,9-10H2,(H2,18,19,24);7H,1-6H2;2*1-5H2;3*1H3;1H2;;/q;;;;3*-1;;+1;+2. The summed E-state index contributed by atoms with van der Waals surface area (Å²) in [6.45, 7) is 0. The summed E-state index contributed by atoms with van der Waals surface area (Å²) in [6, 6.07) is 5.95. The molecule has 0 aromatic heterocycles. The molecule has 13 nitrogen and oxygen atoms in total. The third kappa shape index (κ3) is 19.2. The molecule has 56 heavy (non-hydrogen) atoms. The zero-order valence-electron chi connectivity index (χ0n) is 33.5. The average molecular weight is 868 g/mol. The fourth-order valence-electron chi connectivity index (χ4n) is 6.66. The van der Waals surface area contributed by atoms with Gasteiger partial charge in [-0.25, -0.2) is 14.4 Å². The molecular formula is C41H63Fe2N4O9. The Labute approximate surface area is 353 Å². The van der Waals surface area contributed by atoms with Gasteiger partial charge in [0.15, 0.2) is 0 Å². The van der Waals surface area contributed by atoms with E-state index in [0.29, 0.717) is 15.8 Å². The third-order valence-electron chi connectivity index (χ3n) is 9.62. The second-order valence-corrected chi connectivity index (χ2v) is 13.6. The molecule has 4 aliphatic carbocycles. The molecule has 0 atom stereocenters. The number of imide groups is 2. The number of rotatable bonds is 6. The van der Waals surface area contributed by atoms with Crippen LogP contribution in [0.2, 0.25) is 0 Å². The smallest absolute Gasteiger partial charge is 0.358 e. The first kappa shape index (κ1) is 54.7. The predicted molar refractivity (Wildman–Crippen MR) is 209 cm³/mol. The molecule has 2 heterocycles. The van der Waals surface area contributed by atoms with Crippen LogP contribution in [0.15, 0.2) is 24.3 Å². The first-order valence-corrected chi connectivity index (χ1v) is 19.6. The number of amides is 6. The minimum atomic E-state index is -0.800. The van der Waals surface area contributed by atoms with Gasteiger partial charge in [0.1, 0.15) is 0 Å². The van der Waals surface area contributed by atoms with Crippen molar-refractivity contribution in [1.82, 2.24) is 15.4 Å². The molecule has 2 saturated heterocycles. The molecule has 317 valence electrons. The van der Waals surface area contributed by atoms with E-state index in [1.54, 1.807) is 12.1 Å². The van der Waals surface area contributed by atoms with E-state index in [-0.39, 0.29) is 88.6 Å². The van der Waals surface area contributed by atoms with E-state index in [9.17, 15) is 33.6 Å². The number of hydrogen-bond donors (Lipinski definition) is 2. The molecule has 6 aliphatic rings. The van der Waals surface area contributed by atoms with Crippen LogP contribution < -0.4 is 10.6 Å². The molecular weight excluding hydrogens is 804 g/mol. The van der Waals surface area contributed by atoms with Gasteiger partial charge < -0.3 is 42.6 Å². The maximum atomic E-state index is 12.0. The molecule has 2 aliphatic heterocycles. The minimum absolute atomic E-state index is 0. The van der Waals surface area contributed by atoms with E-state index < -0.39 is 35.6 Å². The SMILES string of the molecule is C1CCCC1.C1CCCC1.O=C(Nc1ccc(C(=O)ON2C(=O)CCC2=O)cc1)NC1CCCC1.O=C(ON1C(=O)CCC1=O)C1CCCC1.[CH2]=[Fe+].[CH3-].[CH3-].[CH3-].[Fe+2]. The quantitative estimate of drug-likeness (QED) is 0.164. The minimum Gasteiger partial charge on any atom is -0.358 e. The van der Waals surface area contributed by atoms with Crippen LogP contribution in [-0.2, 0) is 66.3 Å². The summed E-state index contributed by atoms with van der Waals surface area (Å²) >= 11 is 3.00. The monoisotopic (exact) mass is 867 g/mol. The maximum absolute atomic E-state index is 12.0. The van der Waals surface area contributed by atoms with Crippen LogP contribution in [0.1, 0.15) is 152 Å². The zero-order valence-corrected chi connectivity index (χ0v) is 35.7. The number of anilines is 1. The van der Waals surface area contributed by atoms with E-state index in [2.05, 4.69) is 31.6 Å². The molecule has 0 bridgehead atoms. The molecule has 0 radical (unpaired) electrons. The van der Waals surface area contributed by atoms with Gasteiger partial charge in [0.05, 0.1) is 11.5 Å². The normalized spacial score (nSPS) is 18.3. The Morgan fingerprint density at radius 1 is 0.571 bits per heavy atom. The summed E-state index contributed by atoms with van der Waals surface area (Å²) < 4.78 is 0. The van der Waals surface area contributed by atoms with Crippen LogP contribution in [0.4, 0.5) is 10.5 Å². The first-order chi connectivity index (χ1) is 25.2. The summed E-state index contributed by atoms with van der Waals surface area (Å²) in [4.78, 5) is 90.3. The summed E-state index contributed by atoms with van der Waals surface area (Å²) in [5.41, 5.74) is 3.70. The van der Waals surface area contributed by atoms with Crippen LogP contribution in [0.5, 0.6) is 0 Å². The van der Waals surface area contributed by atoms with Gasteiger partial charge in [-0.2, -0.15) is 0 Å². The maximum Gasteiger partial charge on any atom is 2.00 e. The third-order valence-corrected chi connectivity index (χ3v) is 9.62. The van der Waals surface area contributed by atoms with E-state index >= 15 is 0 Å². The zero-order chi connectivity index (χ0) is 37.7. The Kier molecular flexibility index (Phi) is 30.0. The van der Waals surface area contributed by atoms with Crippen LogP contribution >= 0.6 is 0 Å². The van der Waals surface area contributed by atoms with E-state index in [4.69, 9.17) is 9.68 Å². The van der Waals surface area contributed by atoms with Crippen molar-refractivity contribution in [2.75, 3.05) is 5.32 Å². The Balaban J connectivity index is 0. The topological polar surface area (TPSA) is 168 Å². The van der Waals surface area contributed by atoms with Gasteiger partial charge in [-0.05, 0) is 49.9 Å². The molecule has 15 heteroatoms. The van der Waals surface area contributed by atoms with Gasteiger partial charge in [-0.3, -0.25) is 19.2 Å². The number of nitrogens with one attached hydrogen (secondary N) is 2. The van der Waals surface area contributed by atoms with Gasteiger partial charge in [0, 0.05) is 37.4 Å². The van der Waals surface area contributed by atoms with Crippen molar-refractivity contribution in [1.29, 1.82) is 0 Å². The molecule has 6 fully saturated rings. The van der Waals surface area contributed by atoms with Gasteiger partial charge in [-0.1, -0.05) is 89.9 Å². The average Bonchev–Trinajstić information content (AvgIpc) is 4.00. The Morgan fingerprint density at radius 2 is 0.929 bits per heavy atom. The molecule has 4 saturated carbocycles. The number of hydrogen-bond acceptors (Lipinski definition) is 9. The largest absolute Gasteiger partial charge is 2.00 e. The van der Waals surface area contributed by atoms with Gasteiger partial charge >= 0.3 is 56.0 Å². The summed E-state index contributed by atoms with van der Waals surface area (Å²) in [5.74, 6) is -3.24. The van der Waals surface area contributed by atoms with Crippen LogP contribution in [0, 0.1) is 28.2 Å². The molecule has 1 aromatic carbocycles. The van der Waals surface area contributed by atoms with Gasteiger partial charge in [-0.15, -0.1) is 10.1 Å². The number of carbonyl (C=O) groups is 7. The van der Waals surface area contributed by atoms with Crippen molar-refractivity contribution in [2.24, 2.45) is 5.92 Å². The second-order valence-electron chi connectivity index (χ2n) is 13.6. The Hall–Kier alpha value is -3.38. The van der Waals surface area contributed by atoms with E-state index in [0.717, 1.165) is 51.4 Å². The molecule has 0 spiro atoms. The molecule has 1 aromatic rings. The number of benzene rings is 1. The number of nitrogens with zero attached hydrogens (tertiary/aromatic N) is 2. The Morgan fingerprint density at radius 3 is 1.32 bits per heavy atom. The van der Waals surface area contributed by atoms with Gasteiger partial charge in [0.25, 0.3) is 23.6 Å². The van der Waals surface area contributed by atoms with Crippen molar-refractivity contribution in [3.8, 4) is 0 Å². The molecule has 6 amide bonds. The molecule has 0 unspecified atom stereocenters. The molecule has 2 N–H and O–H groups in total. The van der Waals surface area contributed by atoms with Crippen molar-refractivity contribution < 1.29 is 75.9 Å². The number of urea groups is 1. The fraction of sp³-hybridized carbons (Fsp3) is 0.585.